The predicted octanol–water partition coefficient (Wildman–Crippen LogP) is 4.74. The van der Waals surface area contributed by atoms with Crippen molar-refractivity contribution in [3.05, 3.63) is 29.6 Å². The third-order valence-corrected chi connectivity index (χ3v) is 3.79. The molecule has 0 radical (unpaired) electrons. The first-order valence-corrected chi connectivity index (χ1v) is 8.11. The molecule has 0 saturated carbocycles. The summed E-state index contributed by atoms with van der Waals surface area (Å²) in [7, 11) is 0. The summed E-state index contributed by atoms with van der Waals surface area (Å²) >= 11 is 0. The second kappa shape index (κ2) is 8.38. The Morgan fingerprint density at radius 1 is 1.00 bits per heavy atom. The monoisotopic (exact) mass is 294 g/mol. The molecule has 0 aliphatic carbocycles. The van der Waals surface area contributed by atoms with E-state index in [9.17, 15) is 4.39 Å². The summed E-state index contributed by atoms with van der Waals surface area (Å²) in [5.41, 5.74) is 7.39. The van der Waals surface area contributed by atoms with Crippen LogP contribution in [0.25, 0.3) is 0 Å². The topological polar surface area (TPSA) is 29.3 Å². The first kappa shape index (κ1) is 18.0. The molecule has 1 aromatic carbocycles. The van der Waals surface area contributed by atoms with Gasteiger partial charge in [0.05, 0.1) is 5.69 Å². The van der Waals surface area contributed by atoms with Crippen LogP contribution in [0, 0.1) is 17.7 Å². The van der Waals surface area contributed by atoms with Crippen molar-refractivity contribution in [3.63, 3.8) is 0 Å². The molecule has 120 valence electrons. The van der Waals surface area contributed by atoms with Gasteiger partial charge in [-0.25, -0.2) is 4.39 Å². The van der Waals surface area contributed by atoms with Gasteiger partial charge < -0.3 is 10.6 Å². The fourth-order valence-electron chi connectivity index (χ4n) is 2.24. The van der Waals surface area contributed by atoms with Crippen molar-refractivity contribution in [1.29, 1.82) is 0 Å². The molecule has 0 aromatic heterocycles. The van der Waals surface area contributed by atoms with Crippen molar-refractivity contribution in [1.82, 2.24) is 0 Å². The highest BCUT2D eigenvalue weighted by Gasteiger charge is 2.14. The first-order valence-electron chi connectivity index (χ1n) is 8.11. The Balaban J connectivity index is 2.90. The van der Waals surface area contributed by atoms with Crippen LogP contribution in [0.1, 0.15) is 59.1 Å². The fraction of sp³-hybridized carbons (Fsp3) is 0.667. The van der Waals surface area contributed by atoms with Crippen LogP contribution in [0.4, 0.5) is 10.1 Å². The van der Waals surface area contributed by atoms with E-state index in [-0.39, 0.29) is 11.9 Å². The average molecular weight is 294 g/mol. The lowest BCUT2D eigenvalue weighted by atomic mass is 10.1. The normalized spacial score (nSPS) is 13.0. The minimum absolute atomic E-state index is 0.131. The molecule has 2 N–H and O–H groups in total. The van der Waals surface area contributed by atoms with Gasteiger partial charge in [-0.3, -0.25) is 0 Å². The number of hydrogen-bond acceptors (Lipinski definition) is 2. The molecule has 0 bridgehead atoms. The average Bonchev–Trinajstić information content (AvgIpc) is 2.38. The Morgan fingerprint density at radius 3 is 1.90 bits per heavy atom. The maximum absolute atomic E-state index is 14.4. The van der Waals surface area contributed by atoms with Gasteiger partial charge in [0.2, 0.25) is 0 Å². The summed E-state index contributed by atoms with van der Waals surface area (Å²) in [6.45, 7) is 12.5. The molecular weight excluding hydrogens is 263 g/mol. The van der Waals surface area contributed by atoms with Crippen LogP contribution in [0.2, 0.25) is 0 Å². The van der Waals surface area contributed by atoms with Gasteiger partial charge in [-0.05, 0) is 49.3 Å². The van der Waals surface area contributed by atoms with E-state index in [1.807, 2.05) is 19.1 Å². The Bertz CT molecular complexity index is 415. The highest BCUT2D eigenvalue weighted by atomic mass is 19.1. The molecule has 0 heterocycles. The van der Waals surface area contributed by atoms with Crippen molar-refractivity contribution < 1.29 is 4.39 Å². The zero-order valence-corrected chi connectivity index (χ0v) is 14.2. The minimum atomic E-state index is -0.155. The Kier molecular flexibility index (Phi) is 7.16. The molecule has 0 saturated heterocycles. The van der Waals surface area contributed by atoms with Crippen LogP contribution in [-0.4, -0.2) is 13.1 Å². The quantitative estimate of drug-likeness (QED) is 0.750. The number of anilines is 1. The molecule has 0 aliphatic heterocycles. The number of nitrogens with zero attached hydrogens (tertiary/aromatic N) is 1. The second-order valence-corrected chi connectivity index (χ2v) is 6.85. The van der Waals surface area contributed by atoms with Crippen molar-refractivity contribution in [2.75, 3.05) is 18.0 Å². The molecule has 0 aliphatic rings. The number of nitrogens with two attached hydrogens (primary N) is 1. The van der Waals surface area contributed by atoms with Gasteiger partial charge in [0.1, 0.15) is 5.82 Å². The molecule has 1 atom stereocenters. The highest BCUT2D eigenvalue weighted by molar-refractivity contribution is 5.49. The van der Waals surface area contributed by atoms with Gasteiger partial charge in [0, 0.05) is 19.1 Å². The van der Waals surface area contributed by atoms with E-state index >= 15 is 0 Å². The molecule has 1 aromatic rings. The van der Waals surface area contributed by atoms with Gasteiger partial charge in [-0.1, -0.05) is 33.8 Å². The summed E-state index contributed by atoms with van der Waals surface area (Å²) in [4.78, 5) is 2.18. The lowest BCUT2D eigenvalue weighted by Gasteiger charge is -2.27. The zero-order valence-electron chi connectivity index (χ0n) is 14.2. The molecule has 0 fully saturated rings. The highest BCUT2D eigenvalue weighted by Crippen LogP contribution is 2.24. The summed E-state index contributed by atoms with van der Waals surface area (Å²) in [5, 5.41) is 0. The molecular formula is C18H31FN2. The van der Waals surface area contributed by atoms with Crippen molar-refractivity contribution in [3.8, 4) is 0 Å². The maximum atomic E-state index is 14.4. The number of rotatable bonds is 8. The van der Waals surface area contributed by atoms with Crippen LogP contribution < -0.4 is 10.6 Å². The standard InChI is InChI=1S/C18H31FN2/c1-13(2)8-10-21(11-9-14(3)4)18-7-6-16(15(5)20)12-17(18)19/h6-7,12-15H,8-11,20H2,1-5H3/t15-/m1/s1. The Morgan fingerprint density at radius 2 is 1.52 bits per heavy atom. The van der Waals surface area contributed by atoms with E-state index in [0.29, 0.717) is 17.5 Å². The smallest absolute Gasteiger partial charge is 0.146 e. The first-order chi connectivity index (χ1) is 9.81. The number of hydrogen-bond donors (Lipinski definition) is 1. The lowest BCUT2D eigenvalue weighted by Crippen LogP contribution is -2.28. The Hall–Kier alpha value is -1.09. The second-order valence-electron chi connectivity index (χ2n) is 6.85. The van der Waals surface area contributed by atoms with Gasteiger partial charge in [0.15, 0.2) is 0 Å². The molecule has 0 spiro atoms. The van der Waals surface area contributed by atoms with E-state index in [1.165, 1.54) is 0 Å². The number of benzene rings is 1. The zero-order chi connectivity index (χ0) is 16.0. The largest absolute Gasteiger partial charge is 0.369 e. The van der Waals surface area contributed by atoms with Crippen molar-refractivity contribution >= 4 is 5.69 Å². The molecule has 0 amide bonds. The Labute approximate surface area is 129 Å². The minimum Gasteiger partial charge on any atom is -0.369 e. The molecule has 0 unspecified atom stereocenters. The third-order valence-electron chi connectivity index (χ3n) is 3.79. The van der Waals surface area contributed by atoms with E-state index in [2.05, 4.69) is 32.6 Å². The molecule has 1 rings (SSSR count). The van der Waals surface area contributed by atoms with Crippen LogP contribution in [-0.2, 0) is 0 Å². The fourth-order valence-corrected chi connectivity index (χ4v) is 2.24. The molecule has 21 heavy (non-hydrogen) atoms. The van der Waals surface area contributed by atoms with Gasteiger partial charge >= 0.3 is 0 Å². The molecule has 3 heteroatoms. The SMILES string of the molecule is CC(C)CCN(CCC(C)C)c1ccc([C@@H](C)N)cc1F. The van der Waals surface area contributed by atoms with Gasteiger partial charge in [-0.15, -0.1) is 0 Å². The van der Waals surface area contributed by atoms with Crippen molar-refractivity contribution in [2.45, 2.75) is 53.5 Å². The number of halogens is 1. The van der Waals surface area contributed by atoms with Crippen LogP contribution in [0.3, 0.4) is 0 Å². The predicted molar refractivity (Wildman–Crippen MR) is 90.1 cm³/mol. The van der Waals surface area contributed by atoms with E-state index in [4.69, 9.17) is 5.73 Å². The summed E-state index contributed by atoms with van der Waals surface area (Å²) in [6.07, 6.45) is 2.15. The third kappa shape index (κ3) is 6.04. The van der Waals surface area contributed by atoms with Gasteiger partial charge in [-0.2, -0.15) is 0 Å². The van der Waals surface area contributed by atoms with Gasteiger partial charge in [0.25, 0.3) is 0 Å². The summed E-state index contributed by atoms with van der Waals surface area (Å²) in [5.74, 6) is 1.09. The summed E-state index contributed by atoms with van der Waals surface area (Å²) in [6, 6.07) is 5.28. The van der Waals surface area contributed by atoms with E-state index in [0.717, 1.165) is 31.5 Å². The van der Waals surface area contributed by atoms with Crippen molar-refractivity contribution in [2.24, 2.45) is 17.6 Å². The molecule has 2 nitrogen and oxygen atoms in total. The van der Waals surface area contributed by atoms with E-state index < -0.39 is 0 Å². The summed E-state index contributed by atoms with van der Waals surface area (Å²) < 4.78 is 14.4. The van der Waals surface area contributed by atoms with Crippen LogP contribution >= 0.6 is 0 Å². The lowest BCUT2D eigenvalue weighted by molar-refractivity contribution is 0.526. The van der Waals surface area contributed by atoms with Crippen LogP contribution in [0.15, 0.2) is 18.2 Å². The van der Waals surface area contributed by atoms with E-state index in [1.54, 1.807) is 6.07 Å². The van der Waals surface area contributed by atoms with Crippen LogP contribution in [0.5, 0.6) is 0 Å². The maximum Gasteiger partial charge on any atom is 0.146 e.